The van der Waals surface area contributed by atoms with E-state index in [1.165, 1.54) is 0 Å². The van der Waals surface area contributed by atoms with E-state index >= 15 is 0 Å². The average Bonchev–Trinajstić information content (AvgIpc) is 3.90. The molecule has 206 valence electrons. The molecule has 5 nitrogen and oxygen atoms in total. The molecule has 0 spiro atoms. The zero-order chi connectivity index (χ0) is 28.5. The highest BCUT2D eigenvalue weighted by molar-refractivity contribution is 6.40. The van der Waals surface area contributed by atoms with Gasteiger partial charge in [-0.15, -0.1) is 23.2 Å². The van der Waals surface area contributed by atoms with Gasteiger partial charge in [0.25, 0.3) is 0 Å². The highest BCUT2D eigenvalue weighted by Gasteiger charge is 2.48. The Labute approximate surface area is 252 Å². The van der Waals surface area contributed by atoms with Crippen LogP contribution in [0, 0.1) is 0 Å². The van der Waals surface area contributed by atoms with E-state index in [0.717, 1.165) is 11.1 Å². The van der Waals surface area contributed by atoms with Gasteiger partial charge in [-0.3, -0.25) is 4.79 Å². The molecule has 2 saturated heterocycles. The van der Waals surface area contributed by atoms with Crippen LogP contribution in [0.25, 0.3) is 0 Å². The topological polar surface area (TPSA) is 68.4 Å². The molecule has 40 heavy (non-hydrogen) atoms. The first-order valence-corrected chi connectivity index (χ1v) is 14.0. The van der Waals surface area contributed by atoms with E-state index in [1.54, 1.807) is 24.3 Å². The number of carbonyl (C=O) groups excluding carboxylic acids is 2. The molecular formula is C31H24Cl4O5. The number of esters is 1. The Hall–Kier alpha value is -2.90. The van der Waals surface area contributed by atoms with Gasteiger partial charge in [0.15, 0.2) is 18.0 Å². The van der Waals surface area contributed by atoms with Crippen molar-refractivity contribution in [2.24, 2.45) is 0 Å². The van der Waals surface area contributed by atoms with Crippen molar-refractivity contribution < 1.29 is 23.8 Å². The molecule has 0 saturated carbocycles. The van der Waals surface area contributed by atoms with Gasteiger partial charge in [0.2, 0.25) is 0 Å². The molecule has 6 rings (SSSR count). The van der Waals surface area contributed by atoms with Gasteiger partial charge < -0.3 is 14.2 Å². The van der Waals surface area contributed by atoms with Crippen LogP contribution in [0.4, 0.5) is 0 Å². The maximum absolute atomic E-state index is 12.1. The van der Waals surface area contributed by atoms with Crippen LogP contribution in [0.1, 0.15) is 33.7 Å². The summed E-state index contributed by atoms with van der Waals surface area (Å²) in [5, 5.41) is 1.54. The van der Waals surface area contributed by atoms with Crippen molar-refractivity contribution in [2.45, 2.75) is 24.4 Å². The number of para-hydroxylation sites is 1. The van der Waals surface area contributed by atoms with Gasteiger partial charge in [-0.2, -0.15) is 0 Å². The van der Waals surface area contributed by atoms with Crippen molar-refractivity contribution in [2.75, 3.05) is 5.34 Å². The zero-order valence-corrected chi connectivity index (χ0v) is 24.0. The minimum absolute atomic E-state index is 0.0375. The van der Waals surface area contributed by atoms with Gasteiger partial charge in [-0.25, -0.2) is 4.79 Å². The van der Waals surface area contributed by atoms with E-state index in [2.05, 4.69) is 0 Å². The quantitative estimate of drug-likeness (QED) is 0.0713. The molecule has 0 radical (unpaired) electrons. The lowest BCUT2D eigenvalue weighted by Gasteiger charge is -2.01. The Morgan fingerprint density at radius 2 is 1.05 bits per heavy atom. The third kappa shape index (κ3) is 8.55. The number of alkyl halides is 2. The predicted molar refractivity (Wildman–Crippen MR) is 158 cm³/mol. The van der Waals surface area contributed by atoms with E-state index in [-0.39, 0.29) is 35.4 Å². The minimum Gasteiger partial charge on any atom is -0.425 e. The van der Waals surface area contributed by atoms with Gasteiger partial charge in [0.1, 0.15) is 18.0 Å². The molecule has 0 amide bonds. The van der Waals surface area contributed by atoms with Crippen LogP contribution >= 0.6 is 46.4 Å². The molecule has 0 aliphatic carbocycles. The van der Waals surface area contributed by atoms with Crippen LogP contribution in [0.3, 0.4) is 0 Å². The van der Waals surface area contributed by atoms with Crippen LogP contribution in [0.15, 0.2) is 109 Å². The van der Waals surface area contributed by atoms with Crippen molar-refractivity contribution in [3.05, 3.63) is 136 Å². The Morgan fingerprint density at radius 1 is 0.625 bits per heavy atom. The standard InChI is InChI=1S/C15H11ClO3.C15H11ClO2.CH2Cl2/c16-11-8-6-10(7-9-11)13-14(19-13)15(17)18-12-4-2-1-3-5-12;16-12-8-6-11(7-9-12)14-15(18-14)13(17)10-4-2-1-3-5-10;2-1-3/h1-9,13-14H;1-9,14-15H;1H2. The maximum atomic E-state index is 12.1. The molecule has 2 heterocycles. The largest absolute Gasteiger partial charge is 0.425 e. The van der Waals surface area contributed by atoms with Crippen molar-refractivity contribution in [1.82, 2.24) is 0 Å². The summed E-state index contributed by atoms with van der Waals surface area (Å²) >= 11 is 21.2. The fraction of sp³-hybridized carbons (Fsp3) is 0.161. The summed E-state index contributed by atoms with van der Waals surface area (Å²) in [6.45, 7) is 0. The first kappa shape index (κ1) is 30.1. The zero-order valence-electron chi connectivity index (χ0n) is 21.0. The summed E-state index contributed by atoms with van der Waals surface area (Å²) in [4.78, 5) is 24.0. The molecule has 4 unspecified atom stereocenters. The number of epoxide rings is 2. The summed E-state index contributed by atoms with van der Waals surface area (Å²) < 4.78 is 16.0. The SMILES string of the molecule is ClCCl.O=C(Oc1ccccc1)C1OC1c1ccc(Cl)cc1.O=C(c1ccccc1)C1OC1c1ccc(Cl)cc1. The average molecular weight is 618 g/mol. The number of ketones is 1. The number of benzene rings is 4. The Morgan fingerprint density at radius 3 is 1.55 bits per heavy atom. The fourth-order valence-corrected chi connectivity index (χ4v) is 4.10. The summed E-state index contributed by atoms with van der Waals surface area (Å²) in [5.41, 5.74) is 2.62. The van der Waals surface area contributed by atoms with Crippen LogP contribution < -0.4 is 4.74 Å². The predicted octanol–water partition coefficient (Wildman–Crippen LogP) is 8.47. The lowest BCUT2D eigenvalue weighted by atomic mass is 10.0. The van der Waals surface area contributed by atoms with E-state index in [1.807, 2.05) is 84.9 Å². The molecule has 0 bridgehead atoms. The van der Waals surface area contributed by atoms with Gasteiger partial charge in [0.05, 0.1) is 5.34 Å². The minimum atomic E-state index is -0.526. The Bertz CT molecular complexity index is 1380. The van der Waals surface area contributed by atoms with Crippen LogP contribution in [0.5, 0.6) is 5.75 Å². The highest BCUT2D eigenvalue weighted by atomic mass is 35.5. The van der Waals surface area contributed by atoms with E-state index in [4.69, 9.17) is 60.6 Å². The first-order valence-electron chi connectivity index (χ1n) is 12.2. The molecular weight excluding hydrogens is 594 g/mol. The lowest BCUT2D eigenvalue weighted by Crippen LogP contribution is -2.15. The van der Waals surface area contributed by atoms with Crippen LogP contribution in [-0.2, 0) is 14.3 Å². The third-order valence-electron chi connectivity index (χ3n) is 5.89. The van der Waals surface area contributed by atoms with Crippen LogP contribution in [-0.4, -0.2) is 29.3 Å². The number of carbonyl (C=O) groups is 2. The fourth-order valence-electron chi connectivity index (χ4n) is 3.84. The van der Waals surface area contributed by atoms with Gasteiger partial charge >= 0.3 is 5.97 Å². The molecule has 0 N–H and O–H groups in total. The van der Waals surface area contributed by atoms with Gasteiger partial charge in [-0.05, 0) is 47.5 Å². The highest BCUT2D eigenvalue weighted by Crippen LogP contribution is 2.41. The number of ether oxygens (including phenoxy) is 3. The second-order valence-electron chi connectivity index (χ2n) is 8.62. The van der Waals surface area contributed by atoms with Crippen molar-refractivity contribution in [1.29, 1.82) is 0 Å². The second kappa shape index (κ2) is 14.6. The molecule has 4 atom stereocenters. The Kier molecular flexibility index (Phi) is 11.0. The summed E-state index contributed by atoms with van der Waals surface area (Å²) in [6.07, 6.45) is -1.24. The Balaban J connectivity index is 0.000000169. The van der Waals surface area contributed by atoms with Crippen molar-refractivity contribution in [3.63, 3.8) is 0 Å². The van der Waals surface area contributed by atoms with Crippen molar-refractivity contribution in [3.8, 4) is 5.75 Å². The molecule has 2 aliphatic heterocycles. The van der Waals surface area contributed by atoms with E-state index in [0.29, 0.717) is 21.4 Å². The lowest BCUT2D eigenvalue weighted by molar-refractivity contribution is -0.135. The summed E-state index contributed by atoms with van der Waals surface area (Å²) in [6, 6.07) is 32.8. The number of hydrogen-bond donors (Lipinski definition) is 0. The van der Waals surface area contributed by atoms with Gasteiger partial charge in [-0.1, -0.05) is 96.0 Å². The second-order valence-corrected chi connectivity index (χ2v) is 10.3. The molecule has 2 aliphatic rings. The molecule has 0 aromatic heterocycles. The molecule has 4 aromatic rings. The van der Waals surface area contributed by atoms with E-state index < -0.39 is 6.10 Å². The summed E-state index contributed by atoms with van der Waals surface area (Å²) in [5.74, 6) is 0.194. The number of hydrogen-bond acceptors (Lipinski definition) is 5. The molecule has 9 heteroatoms. The molecule has 4 aromatic carbocycles. The summed E-state index contributed by atoms with van der Waals surface area (Å²) in [7, 11) is 0. The normalized spacial score (nSPS) is 20.1. The number of Topliss-reactive ketones (excluding diaryl/α,β-unsaturated/α-hetero) is 1. The smallest absolute Gasteiger partial charge is 0.343 e. The molecule has 2 fully saturated rings. The maximum Gasteiger partial charge on any atom is 0.343 e. The monoisotopic (exact) mass is 616 g/mol. The number of rotatable bonds is 6. The van der Waals surface area contributed by atoms with Crippen LogP contribution in [0.2, 0.25) is 10.0 Å². The third-order valence-corrected chi connectivity index (χ3v) is 6.39. The first-order chi connectivity index (χ1) is 19.4. The number of halogens is 4. The van der Waals surface area contributed by atoms with E-state index in [9.17, 15) is 9.59 Å². The van der Waals surface area contributed by atoms with Crippen molar-refractivity contribution >= 4 is 58.2 Å². The van der Waals surface area contributed by atoms with Gasteiger partial charge in [0, 0.05) is 15.6 Å².